The Bertz CT molecular complexity index is 616. The van der Waals surface area contributed by atoms with E-state index in [-0.39, 0.29) is 5.65 Å². The van der Waals surface area contributed by atoms with Gasteiger partial charge in [-0.25, -0.2) is 14.3 Å². The van der Waals surface area contributed by atoms with Crippen LogP contribution in [0.5, 0.6) is 5.75 Å². The van der Waals surface area contributed by atoms with Gasteiger partial charge in [-0.05, 0) is 6.07 Å². The summed E-state index contributed by atoms with van der Waals surface area (Å²) >= 11 is 0. The zero-order valence-electron chi connectivity index (χ0n) is 8.78. The number of hydrogen-bond acceptors (Lipinski definition) is 4. The monoisotopic (exact) mass is 236 g/mol. The van der Waals surface area contributed by atoms with E-state index in [4.69, 9.17) is 9.84 Å². The number of nitrogens with zero attached hydrogens (tertiary/aromatic N) is 2. The molecule has 2 rings (SSSR count). The number of aromatic nitrogens is 2. The van der Waals surface area contributed by atoms with Gasteiger partial charge >= 0.3 is 17.5 Å². The Morgan fingerprint density at radius 3 is 2.76 bits per heavy atom. The molecule has 0 unspecified atom stereocenters. The van der Waals surface area contributed by atoms with E-state index >= 15 is 0 Å². The maximum atomic E-state index is 11.6. The number of aliphatic carboxylic acids is 1. The van der Waals surface area contributed by atoms with E-state index in [2.05, 4.69) is 0 Å². The van der Waals surface area contributed by atoms with Crippen LogP contribution in [-0.2, 0) is 4.79 Å². The van der Waals surface area contributed by atoms with E-state index in [1.165, 1.54) is 25.4 Å². The number of carbonyl (C=O) groups excluding carboxylic acids is 1. The number of rotatable bonds is 1. The van der Waals surface area contributed by atoms with Crippen LogP contribution in [0.4, 0.5) is 0 Å². The summed E-state index contributed by atoms with van der Waals surface area (Å²) in [6.07, 6.45) is 2.37. The van der Waals surface area contributed by atoms with E-state index in [9.17, 15) is 14.8 Å². The summed E-state index contributed by atoms with van der Waals surface area (Å²) < 4.78 is 6.20. The molecule has 0 spiro atoms. The first kappa shape index (κ1) is 10.9. The lowest BCUT2D eigenvalue weighted by Crippen LogP contribution is -2.32. The second-order valence-electron chi connectivity index (χ2n) is 3.24. The van der Waals surface area contributed by atoms with Gasteiger partial charge in [0.2, 0.25) is 0 Å². The van der Waals surface area contributed by atoms with Crippen LogP contribution >= 0.6 is 0 Å². The second kappa shape index (κ2) is 3.78. The summed E-state index contributed by atoms with van der Waals surface area (Å²) in [5.41, 5.74) is -0.0725. The Labute approximate surface area is 95.0 Å². The van der Waals surface area contributed by atoms with Crippen molar-refractivity contribution in [1.82, 2.24) is 4.57 Å². The van der Waals surface area contributed by atoms with Crippen LogP contribution in [0, 0.1) is 5.21 Å². The fourth-order valence-electron chi connectivity index (χ4n) is 1.58. The van der Waals surface area contributed by atoms with Crippen LogP contribution in [-0.4, -0.2) is 28.7 Å². The molecule has 0 aliphatic carbocycles. The predicted molar refractivity (Wildman–Crippen MR) is 55.7 cm³/mol. The van der Waals surface area contributed by atoms with Gasteiger partial charge in [0, 0.05) is 6.07 Å². The van der Waals surface area contributed by atoms with Gasteiger partial charge in [0.05, 0.1) is 13.3 Å². The van der Waals surface area contributed by atoms with Crippen molar-refractivity contribution in [1.29, 1.82) is 0 Å². The maximum absolute atomic E-state index is 11.6. The van der Waals surface area contributed by atoms with Crippen molar-refractivity contribution < 1.29 is 24.2 Å². The molecule has 7 nitrogen and oxygen atoms in total. The molecule has 2 aromatic heterocycles. The zero-order valence-corrected chi connectivity index (χ0v) is 8.78. The standard InChI is InChI=1S/C10H8N2O5/c1-17-7-3-5-12(16)8-6(7)2-4-11(8)9(13)10(14)15/h2-5H,1H3,(H,14,15). The van der Waals surface area contributed by atoms with Gasteiger partial charge in [0.25, 0.3) is 0 Å². The molecular formula is C10H8N2O5. The van der Waals surface area contributed by atoms with Gasteiger partial charge in [0.1, 0.15) is 17.3 Å². The molecular weight excluding hydrogens is 228 g/mol. The van der Waals surface area contributed by atoms with E-state index < -0.39 is 11.9 Å². The summed E-state index contributed by atoms with van der Waals surface area (Å²) in [7, 11) is 1.42. The molecule has 0 bridgehead atoms. The first-order valence-corrected chi connectivity index (χ1v) is 4.61. The van der Waals surface area contributed by atoms with Crippen molar-refractivity contribution in [2.24, 2.45) is 0 Å². The van der Waals surface area contributed by atoms with Crippen molar-refractivity contribution in [3.8, 4) is 5.75 Å². The van der Waals surface area contributed by atoms with Crippen molar-refractivity contribution in [2.75, 3.05) is 7.11 Å². The quantitative estimate of drug-likeness (QED) is 0.427. The lowest BCUT2D eigenvalue weighted by atomic mass is 10.3. The van der Waals surface area contributed by atoms with Crippen LogP contribution in [0.15, 0.2) is 24.5 Å². The molecule has 2 heterocycles. The summed E-state index contributed by atoms with van der Waals surface area (Å²) in [4.78, 5) is 21.9. The van der Waals surface area contributed by atoms with Crippen LogP contribution in [0.3, 0.4) is 0 Å². The number of methoxy groups -OCH3 is 1. The van der Waals surface area contributed by atoms with Gasteiger partial charge in [-0.2, -0.15) is 4.57 Å². The van der Waals surface area contributed by atoms with Gasteiger partial charge < -0.3 is 15.1 Å². The average molecular weight is 236 g/mol. The molecule has 1 N–H and O–H groups in total. The van der Waals surface area contributed by atoms with E-state index in [1.54, 1.807) is 0 Å². The van der Waals surface area contributed by atoms with Crippen LogP contribution in [0.2, 0.25) is 0 Å². The van der Waals surface area contributed by atoms with Crippen molar-refractivity contribution in [3.05, 3.63) is 29.7 Å². The lowest BCUT2D eigenvalue weighted by Gasteiger charge is -2.06. The van der Waals surface area contributed by atoms with Crippen molar-refractivity contribution in [3.63, 3.8) is 0 Å². The number of fused-ring (bicyclic) bond motifs is 1. The molecule has 0 aromatic carbocycles. The molecule has 2 aromatic rings. The van der Waals surface area contributed by atoms with Crippen molar-refractivity contribution in [2.45, 2.75) is 0 Å². The summed E-state index contributed by atoms with van der Waals surface area (Å²) in [6.45, 7) is 0. The highest BCUT2D eigenvalue weighted by molar-refractivity contribution is 6.33. The largest absolute Gasteiger partial charge is 0.711 e. The number of pyridine rings is 1. The molecule has 0 fully saturated rings. The third-order valence-corrected chi connectivity index (χ3v) is 2.32. The number of carbonyl (C=O) groups is 2. The maximum Gasteiger partial charge on any atom is 0.423 e. The second-order valence-corrected chi connectivity index (χ2v) is 3.24. The molecule has 7 heteroatoms. The minimum atomic E-state index is -1.63. The first-order valence-electron chi connectivity index (χ1n) is 4.61. The molecule has 88 valence electrons. The van der Waals surface area contributed by atoms with E-state index in [0.717, 1.165) is 10.8 Å². The van der Waals surface area contributed by atoms with Crippen molar-refractivity contribution >= 4 is 22.9 Å². The Morgan fingerprint density at radius 2 is 2.18 bits per heavy atom. The normalized spacial score (nSPS) is 10.4. The third-order valence-electron chi connectivity index (χ3n) is 2.32. The predicted octanol–water partition coefficient (Wildman–Crippen LogP) is 0.00810. The molecule has 0 saturated heterocycles. The third kappa shape index (κ3) is 1.57. The van der Waals surface area contributed by atoms with E-state index in [1.807, 2.05) is 0 Å². The summed E-state index contributed by atoms with van der Waals surface area (Å²) in [5, 5.41) is 20.5. The molecule has 0 aliphatic heterocycles. The molecule has 0 aliphatic rings. The minimum absolute atomic E-state index is 0.0725. The smallest absolute Gasteiger partial charge is 0.423 e. The molecule has 0 atom stereocenters. The Balaban J connectivity index is 2.76. The molecule has 0 saturated carbocycles. The number of ether oxygens (including phenoxy) is 1. The Hall–Kier alpha value is -2.57. The van der Waals surface area contributed by atoms with Gasteiger partial charge in [-0.3, -0.25) is 0 Å². The molecule has 17 heavy (non-hydrogen) atoms. The van der Waals surface area contributed by atoms with E-state index in [0.29, 0.717) is 15.9 Å². The zero-order chi connectivity index (χ0) is 12.6. The SMILES string of the molecule is COc1cc[n+]([O-])c2c1ccn2C(=O)C(=O)O. The highest BCUT2D eigenvalue weighted by atomic mass is 16.5. The van der Waals surface area contributed by atoms with Gasteiger partial charge in [0.15, 0.2) is 0 Å². The number of carboxylic acids is 1. The lowest BCUT2D eigenvalue weighted by molar-refractivity contribution is -0.579. The molecule has 0 radical (unpaired) electrons. The number of carboxylic acid groups (broad SMARTS) is 1. The fraction of sp³-hybridized carbons (Fsp3) is 0.100. The Kier molecular flexibility index (Phi) is 2.43. The highest BCUT2D eigenvalue weighted by Crippen LogP contribution is 2.23. The topological polar surface area (TPSA) is 95.5 Å². The number of hydrogen-bond donors (Lipinski definition) is 1. The Morgan fingerprint density at radius 1 is 1.47 bits per heavy atom. The fourth-order valence-corrected chi connectivity index (χ4v) is 1.58. The van der Waals surface area contributed by atoms with Crippen LogP contribution in [0.1, 0.15) is 4.79 Å². The average Bonchev–Trinajstić information content (AvgIpc) is 2.74. The summed E-state index contributed by atoms with van der Waals surface area (Å²) in [6, 6.07) is 2.88. The van der Waals surface area contributed by atoms with Gasteiger partial charge in [-0.15, -0.1) is 0 Å². The summed E-state index contributed by atoms with van der Waals surface area (Å²) in [5.74, 6) is -2.44. The first-order chi connectivity index (χ1) is 8.06. The van der Waals surface area contributed by atoms with Crippen LogP contribution < -0.4 is 9.47 Å². The van der Waals surface area contributed by atoms with Crippen LogP contribution in [0.25, 0.3) is 11.0 Å². The highest BCUT2D eigenvalue weighted by Gasteiger charge is 2.25. The van der Waals surface area contributed by atoms with Gasteiger partial charge in [-0.1, -0.05) is 0 Å². The minimum Gasteiger partial charge on any atom is -0.711 e. The molecule has 0 amide bonds.